The fourth-order valence-electron chi connectivity index (χ4n) is 7.01. The Labute approximate surface area is 172 Å². The molecule has 5 fully saturated rings. The molecule has 2 heterocycles. The number of hydrogen-bond acceptors (Lipinski definition) is 4. The molecule has 2 saturated heterocycles. The monoisotopic (exact) mass is 388 g/mol. The van der Waals surface area contributed by atoms with Crippen LogP contribution in [0.3, 0.4) is 0 Å². The lowest BCUT2D eigenvalue weighted by atomic mass is 9.32. The molecular weight excluding hydrogens is 350 g/mol. The average molecular weight is 388 g/mol. The summed E-state index contributed by atoms with van der Waals surface area (Å²) in [7, 11) is -0.521. The Bertz CT molecular complexity index is 605. The van der Waals surface area contributed by atoms with Gasteiger partial charge < -0.3 is 18.6 Å². The first-order chi connectivity index (χ1) is 12.8. The summed E-state index contributed by atoms with van der Waals surface area (Å²) in [5, 5.41) is -0.202. The van der Waals surface area contributed by atoms with Crippen LogP contribution in [-0.4, -0.2) is 36.6 Å². The molecule has 0 radical (unpaired) electrons. The number of fused-ring (bicyclic) bond motifs is 5. The summed E-state index contributed by atoms with van der Waals surface area (Å²) in [5.74, 6) is 3.05. The van der Waals surface area contributed by atoms with Crippen LogP contribution in [0.15, 0.2) is 0 Å². The van der Waals surface area contributed by atoms with Crippen molar-refractivity contribution in [3.63, 3.8) is 0 Å². The summed E-state index contributed by atoms with van der Waals surface area (Å²) < 4.78 is 26.9. The van der Waals surface area contributed by atoms with E-state index in [4.69, 9.17) is 18.6 Å². The molecule has 28 heavy (non-hydrogen) atoms. The van der Waals surface area contributed by atoms with Gasteiger partial charge in [-0.1, -0.05) is 6.42 Å². The molecule has 0 N–H and O–H groups in total. The van der Waals surface area contributed by atoms with Crippen LogP contribution in [0.1, 0.15) is 87.5 Å². The standard InChI is InChI=1S/C22H38B2O4/c1-18(2)19(3,4)26-23(25-18)22(24-27-20(5,6)21(7,8)28-24)13-14-12-17(22)16-11-9-10-15(14)16/h14-17H,9-13H2,1-8H3. The zero-order chi connectivity index (χ0) is 20.3. The first kappa shape index (κ1) is 19.9. The van der Waals surface area contributed by atoms with E-state index in [1.807, 2.05) is 0 Å². The molecule has 4 atom stereocenters. The van der Waals surface area contributed by atoms with E-state index in [2.05, 4.69) is 55.4 Å². The molecule has 5 rings (SSSR count). The Morgan fingerprint density at radius 3 is 1.54 bits per heavy atom. The molecular formula is C22H38B2O4. The van der Waals surface area contributed by atoms with E-state index in [-0.39, 0.29) is 41.9 Å². The molecule has 2 aliphatic heterocycles. The van der Waals surface area contributed by atoms with Gasteiger partial charge in [-0.05, 0) is 105 Å². The molecule has 4 unspecified atom stereocenters. The number of rotatable bonds is 2. The first-order valence-electron chi connectivity index (χ1n) is 11.5. The van der Waals surface area contributed by atoms with Crippen LogP contribution in [0, 0.1) is 23.7 Å². The summed E-state index contributed by atoms with van der Waals surface area (Å²) >= 11 is 0. The predicted octanol–water partition coefficient (Wildman–Crippen LogP) is 4.91. The highest BCUT2D eigenvalue weighted by atomic mass is 16.7. The van der Waals surface area contributed by atoms with Crippen molar-refractivity contribution in [1.82, 2.24) is 0 Å². The molecule has 156 valence electrons. The Morgan fingerprint density at radius 1 is 0.643 bits per heavy atom. The van der Waals surface area contributed by atoms with Crippen molar-refractivity contribution < 1.29 is 18.6 Å². The van der Waals surface area contributed by atoms with Crippen LogP contribution in [-0.2, 0) is 18.6 Å². The normalized spacial score (nSPS) is 43.7. The molecule has 0 aromatic heterocycles. The van der Waals surface area contributed by atoms with Gasteiger partial charge in [-0.2, -0.15) is 0 Å². The van der Waals surface area contributed by atoms with Crippen molar-refractivity contribution in [2.24, 2.45) is 23.7 Å². The predicted molar refractivity (Wildman–Crippen MR) is 112 cm³/mol. The summed E-state index contributed by atoms with van der Waals surface area (Å²) in [6.07, 6.45) is 6.56. The topological polar surface area (TPSA) is 36.9 Å². The second kappa shape index (κ2) is 5.60. The van der Waals surface area contributed by atoms with Crippen LogP contribution in [0.4, 0.5) is 0 Å². The third-order valence-corrected chi connectivity index (χ3v) is 9.99. The van der Waals surface area contributed by atoms with E-state index in [1.165, 1.54) is 25.7 Å². The van der Waals surface area contributed by atoms with E-state index in [0.717, 1.165) is 24.2 Å². The van der Waals surface area contributed by atoms with Crippen molar-refractivity contribution in [2.45, 2.75) is 115 Å². The molecule has 2 bridgehead atoms. The molecule has 3 saturated carbocycles. The zero-order valence-electron chi connectivity index (χ0n) is 19.1. The quantitative estimate of drug-likeness (QED) is 0.631. The average Bonchev–Trinajstić information content (AvgIpc) is 3.28. The number of hydrogen-bond donors (Lipinski definition) is 0. The van der Waals surface area contributed by atoms with E-state index in [9.17, 15) is 0 Å². The van der Waals surface area contributed by atoms with Crippen LogP contribution in [0.2, 0.25) is 5.21 Å². The van der Waals surface area contributed by atoms with Gasteiger partial charge in [-0.15, -0.1) is 0 Å². The van der Waals surface area contributed by atoms with Crippen molar-refractivity contribution >= 4 is 14.2 Å². The lowest BCUT2D eigenvalue weighted by Crippen LogP contribution is -2.54. The lowest BCUT2D eigenvalue weighted by molar-refractivity contribution is 0.00578. The molecule has 0 aromatic rings. The van der Waals surface area contributed by atoms with Gasteiger partial charge in [0.15, 0.2) is 0 Å². The van der Waals surface area contributed by atoms with Crippen molar-refractivity contribution in [3.8, 4) is 0 Å². The van der Waals surface area contributed by atoms with E-state index >= 15 is 0 Å². The van der Waals surface area contributed by atoms with Gasteiger partial charge in [0.1, 0.15) is 0 Å². The minimum absolute atomic E-state index is 0.202. The van der Waals surface area contributed by atoms with Gasteiger partial charge in [0.2, 0.25) is 0 Å². The second-order valence-corrected chi connectivity index (χ2v) is 12.4. The molecule has 6 heteroatoms. The molecule has 4 nitrogen and oxygen atoms in total. The second-order valence-electron chi connectivity index (χ2n) is 12.4. The van der Waals surface area contributed by atoms with E-state index < -0.39 is 0 Å². The zero-order valence-corrected chi connectivity index (χ0v) is 19.1. The molecule has 5 aliphatic rings. The van der Waals surface area contributed by atoms with Crippen molar-refractivity contribution in [1.29, 1.82) is 0 Å². The largest absolute Gasteiger partial charge is 0.462 e. The third kappa shape index (κ3) is 2.35. The van der Waals surface area contributed by atoms with Gasteiger partial charge >= 0.3 is 14.2 Å². The maximum Gasteiger partial charge on any atom is 0.462 e. The SMILES string of the molecule is CC1(C)OB(C2(B3OC(C)(C)C(C)(C)O3)CC3CC2C2CCCC32)OC1(C)C. The lowest BCUT2D eigenvalue weighted by Gasteiger charge is -2.44. The highest BCUT2D eigenvalue weighted by molar-refractivity contribution is 6.71. The fraction of sp³-hybridized carbons (Fsp3) is 1.00. The summed E-state index contributed by atoms with van der Waals surface area (Å²) in [6, 6.07) is 0. The third-order valence-electron chi connectivity index (χ3n) is 9.99. The maximum atomic E-state index is 6.72. The Kier molecular flexibility index (Phi) is 3.98. The van der Waals surface area contributed by atoms with Gasteiger partial charge in [0.05, 0.1) is 22.4 Å². The molecule has 3 aliphatic carbocycles. The summed E-state index contributed by atoms with van der Waals surface area (Å²) in [5.41, 5.74) is -1.31. The van der Waals surface area contributed by atoms with Gasteiger partial charge in [0, 0.05) is 5.21 Å². The Balaban J connectivity index is 1.56. The van der Waals surface area contributed by atoms with E-state index in [1.54, 1.807) is 0 Å². The molecule has 0 amide bonds. The Hall–Kier alpha value is -0.0301. The minimum Gasteiger partial charge on any atom is -0.403 e. The maximum absolute atomic E-state index is 6.72. The van der Waals surface area contributed by atoms with Crippen molar-refractivity contribution in [2.75, 3.05) is 0 Å². The molecule has 0 aromatic carbocycles. The van der Waals surface area contributed by atoms with E-state index in [0.29, 0.717) is 5.92 Å². The van der Waals surface area contributed by atoms with Crippen LogP contribution < -0.4 is 0 Å². The highest BCUT2D eigenvalue weighted by Gasteiger charge is 2.77. The van der Waals surface area contributed by atoms with Crippen LogP contribution in [0.25, 0.3) is 0 Å². The summed E-state index contributed by atoms with van der Waals surface area (Å²) in [6.45, 7) is 17.3. The minimum atomic E-state index is -0.328. The fourth-order valence-corrected chi connectivity index (χ4v) is 7.01. The van der Waals surface area contributed by atoms with Gasteiger partial charge in [-0.3, -0.25) is 0 Å². The highest BCUT2D eigenvalue weighted by Crippen LogP contribution is 2.73. The van der Waals surface area contributed by atoms with Crippen molar-refractivity contribution in [3.05, 3.63) is 0 Å². The van der Waals surface area contributed by atoms with Crippen LogP contribution >= 0.6 is 0 Å². The first-order valence-corrected chi connectivity index (χ1v) is 11.5. The van der Waals surface area contributed by atoms with Gasteiger partial charge in [0.25, 0.3) is 0 Å². The smallest absolute Gasteiger partial charge is 0.403 e. The Morgan fingerprint density at radius 2 is 1.07 bits per heavy atom. The summed E-state index contributed by atoms with van der Waals surface area (Å²) in [4.78, 5) is 0. The van der Waals surface area contributed by atoms with Crippen LogP contribution in [0.5, 0.6) is 0 Å². The molecule has 0 spiro atoms. The van der Waals surface area contributed by atoms with Gasteiger partial charge in [-0.25, -0.2) is 0 Å².